The van der Waals surface area contributed by atoms with Gasteiger partial charge in [-0.2, -0.15) is 0 Å². The van der Waals surface area contributed by atoms with Crippen molar-refractivity contribution in [1.29, 1.82) is 0 Å². The van der Waals surface area contributed by atoms with Gasteiger partial charge in [-0.25, -0.2) is 13.2 Å². The van der Waals surface area contributed by atoms with E-state index in [4.69, 9.17) is 16.3 Å². The van der Waals surface area contributed by atoms with Crippen LogP contribution in [0.2, 0.25) is 5.02 Å². The van der Waals surface area contributed by atoms with Crippen molar-refractivity contribution >= 4 is 33.2 Å². The number of hydrogen-bond donors (Lipinski definition) is 1. The van der Waals surface area contributed by atoms with Crippen LogP contribution in [0.1, 0.15) is 56.1 Å². The average molecular weight is 475 g/mol. The number of fused-ring (bicyclic) bond motifs is 1. The lowest BCUT2D eigenvalue weighted by molar-refractivity contribution is -0.150. The molecule has 1 N–H and O–H groups in total. The minimum atomic E-state index is -3.82. The van der Waals surface area contributed by atoms with Gasteiger partial charge in [0.25, 0.3) is 0 Å². The van der Waals surface area contributed by atoms with Crippen LogP contribution in [0, 0.1) is 17.3 Å². The van der Waals surface area contributed by atoms with Crippen LogP contribution in [0.5, 0.6) is 5.75 Å². The second-order valence-electron chi connectivity index (χ2n) is 9.15. The summed E-state index contributed by atoms with van der Waals surface area (Å²) in [4.78, 5) is 24.1. The summed E-state index contributed by atoms with van der Waals surface area (Å²) in [5, 5.41) is 9.94. The molecule has 1 aliphatic heterocycles. The zero-order valence-electron chi connectivity index (χ0n) is 18.3. The van der Waals surface area contributed by atoms with Gasteiger partial charge < -0.3 is 9.84 Å². The Morgan fingerprint density at radius 2 is 1.78 bits per heavy atom. The summed E-state index contributed by atoms with van der Waals surface area (Å²) in [5.74, 6) is 4.44. The maximum absolute atomic E-state index is 12.8. The molecule has 3 rings (SSSR count). The Bertz CT molecular complexity index is 1290. The van der Waals surface area contributed by atoms with Crippen molar-refractivity contribution in [2.24, 2.45) is 5.41 Å². The number of carboxylic acids is 1. The van der Waals surface area contributed by atoms with E-state index in [-0.39, 0.29) is 16.2 Å². The number of carboxylic acid groups (broad SMARTS) is 1. The highest BCUT2D eigenvalue weighted by atomic mass is 35.5. The van der Waals surface area contributed by atoms with Crippen LogP contribution in [0.3, 0.4) is 0 Å². The molecule has 8 heteroatoms. The first-order valence-corrected chi connectivity index (χ1v) is 11.7. The molecule has 0 radical (unpaired) electrons. The second-order valence-corrected chi connectivity index (χ2v) is 12.1. The number of sulfone groups is 1. The molecule has 0 amide bonds. The zero-order valence-corrected chi connectivity index (χ0v) is 19.9. The van der Waals surface area contributed by atoms with Gasteiger partial charge in [0.2, 0.25) is 0 Å². The van der Waals surface area contributed by atoms with Gasteiger partial charge in [0.1, 0.15) is 10.5 Å². The Morgan fingerprint density at radius 1 is 1.12 bits per heavy atom. The molecule has 1 aliphatic rings. The van der Waals surface area contributed by atoms with E-state index >= 15 is 0 Å². The minimum absolute atomic E-state index is 0.0412. The third-order valence-corrected chi connectivity index (χ3v) is 7.95. The largest absolute Gasteiger partial charge is 0.478 e. The van der Waals surface area contributed by atoms with Crippen molar-refractivity contribution in [3.05, 3.63) is 58.1 Å². The third kappa shape index (κ3) is 4.13. The molecular formula is C24H23ClO6S. The number of Topliss-reactive ketones (excluding diaryl/α,β-unsaturated/α-hetero) is 1. The number of aliphatic carboxylic acids is 1. The lowest BCUT2D eigenvalue weighted by Gasteiger charge is -2.28. The fourth-order valence-electron chi connectivity index (χ4n) is 3.30. The summed E-state index contributed by atoms with van der Waals surface area (Å²) in [6.07, 6.45) is -1.12. The molecule has 0 spiro atoms. The summed E-state index contributed by atoms with van der Waals surface area (Å²) >= 11 is 6.09. The molecule has 2 aromatic carbocycles. The molecular weight excluding hydrogens is 452 g/mol. The Kier molecular flexibility index (Phi) is 5.92. The first-order valence-electron chi connectivity index (χ1n) is 9.81. The van der Waals surface area contributed by atoms with Crippen molar-refractivity contribution in [3.8, 4) is 17.6 Å². The number of ketones is 1. The lowest BCUT2D eigenvalue weighted by atomic mass is 9.89. The number of carbonyl (C=O) groups excluding carboxylic acids is 1. The quantitative estimate of drug-likeness (QED) is 0.663. The van der Waals surface area contributed by atoms with Gasteiger partial charge in [-0.1, -0.05) is 44.2 Å². The molecule has 6 nitrogen and oxygen atoms in total. The Balaban J connectivity index is 2.03. The van der Waals surface area contributed by atoms with Gasteiger partial charge in [-0.3, -0.25) is 4.79 Å². The van der Waals surface area contributed by atoms with Gasteiger partial charge in [-0.05, 0) is 50.2 Å². The van der Waals surface area contributed by atoms with Crippen molar-refractivity contribution in [3.63, 3.8) is 0 Å². The van der Waals surface area contributed by atoms with Gasteiger partial charge in [0.05, 0.1) is 10.5 Å². The predicted molar refractivity (Wildman–Crippen MR) is 121 cm³/mol. The first-order chi connectivity index (χ1) is 14.7. The summed E-state index contributed by atoms with van der Waals surface area (Å²) in [6.45, 7) is 8.03. The van der Waals surface area contributed by atoms with Crippen LogP contribution in [0.15, 0.2) is 41.3 Å². The predicted octanol–water partition coefficient (Wildman–Crippen LogP) is 4.37. The SMILES string of the molecule is CC(C)(C)C(Oc1ccc(Cl)cc1C#Cc1ccc2c(c1)S(=O)(=O)C(C)(C)C2=O)C(=O)O. The summed E-state index contributed by atoms with van der Waals surface area (Å²) in [7, 11) is -3.82. The minimum Gasteiger partial charge on any atom is -0.478 e. The number of rotatable bonds is 3. The van der Waals surface area contributed by atoms with E-state index in [1.165, 1.54) is 26.0 Å². The molecule has 0 bridgehead atoms. The molecule has 0 aliphatic carbocycles. The topological polar surface area (TPSA) is 97.7 Å². The second kappa shape index (κ2) is 7.95. The zero-order chi connectivity index (χ0) is 24.1. The maximum Gasteiger partial charge on any atom is 0.345 e. The maximum atomic E-state index is 12.8. The van der Waals surface area contributed by atoms with Crippen molar-refractivity contribution < 1.29 is 27.9 Å². The van der Waals surface area contributed by atoms with E-state index in [0.717, 1.165) is 0 Å². The van der Waals surface area contributed by atoms with E-state index in [1.807, 2.05) is 0 Å². The number of benzene rings is 2. The van der Waals surface area contributed by atoms with Gasteiger partial charge in [0.15, 0.2) is 21.7 Å². The molecule has 2 aromatic rings. The van der Waals surface area contributed by atoms with Crippen LogP contribution in [-0.2, 0) is 14.6 Å². The summed E-state index contributed by atoms with van der Waals surface area (Å²) in [5.41, 5.74) is 0.216. The highest BCUT2D eigenvalue weighted by Crippen LogP contribution is 2.39. The van der Waals surface area contributed by atoms with Crippen LogP contribution in [-0.4, -0.2) is 36.1 Å². The highest BCUT2D eigenvalue weighted by molar-refractivity contribution is 7.94. The fourth-order valence-corrected chi connectivity index (χ4v) is 5.11. The number of carbonyl (C=O) groups is 2. The van der Waals surface area contributed by atoms with Gasteiger partial charge >= 0.3 is 5.97 Å². The van der Waals surface area contributed by atoms with Crippen LogP contribution in [0.25, 0.3) is 0 Å². The van der Waals surface area contributed by atoms with E-state index in [0.29, 0.717) is 16.1 Å². The summed E-state index contributed by atoms with van der Waals surface area (Å²) in [6, 6.07) is 9.07. The van der Waals surface area contributed by atoms with Crippen LogP contribution >= 0.6 is 11.6 Å². The van der Waals surface area contributed by atoms with E-state index in [9.17, 15) is 23.1 Å². The molecule has 32 heavy (non-hydrogen) atoms. The van der Waals surface area contributed by atoms with E-state index in [1.54, 1.807) is 45.0 Å². The molecule has 1 atom stereocenters. The highest BCUT2D eigenvalue weighted by Gasteiger charge is 2.51. The average Bonchev–Trinajstić information content (AvgIpc) is 2.81. The smallest absolute Gasteiger partial charge is 0.345 e. The Hall–Kier alpha value is -2.82. The normalized spacial score (nSPS) is 17.1. The molecule has 168 valence electrons. The molecule has 0 fully saturated rings. The summed E-state index contributed by atoms with van der Waals surface area (Å²) < 4.78 is 29.8. The Morgan fingerprint density at radius 3 is 2.38 bits per heavy atom. The number of hydrogen-bond acceptors (Lipinski definition) is 5. The first kappa shape index (κ1) is 23.8. The lowest BCUT2D eigenvalue weighted by Crippen LogP contribution is -2.39. The van der Waals surface area contributed by atoms with E-state index in [2.05, 4.69) is 11.8 Å². The molecule has 1 unspecified atom stereocenters. The number of halogens is 1. The van der Waals surface area contributed by atoms with Crippen molar-refractivity contribution in [2.45, 2.75) is 50.4 Å². The number of ether oxygens (including phenoxy) is 1. The van der Waals surface area contributed by atoms with Crippen LogP contribution in [0.4, 0.5) is 0 Å². The molecule has 1 heterocycles. The monoisotopic (exact) mass is 474 g/mol. The molecule has 0 saturated heterocycles. The fraction of sp³-hybridized carbons (Fsp3) is 0.333. The van der Waals surface area contributed by atoms with E-state index < -0.39 is 37.9 Å². The standard InChI is InChI=1S/C24H23ClO6S/c1-23(2,3)21(22(27)28)31-18-11-9-16(25)13-15(18)8-6-14-7-10-17-19(12-14)32(29,30)24(4,5)20(17)26/h7,9-13,21H,1-5H3,(H,27,28). The van der Waals surface area contributed by atoms with Crippen LogP contribution < -0.4 is 4.74 Å². The van der Waals surface area contributed by atoms with Gasteiger partial charge in [-0.15, -0.1) is 0 Å². The molecule has 0 saturated carbocycles. The Labute approximate surface area is 192 Å². The van der Waals surface area contributed by atoms with Crippen molar-refractivity contribution in [1.82, 2.24) is 0 Å². The van der Waals surface area contributed by atoms with Crippen molar-refractivity contribution in [2.75, 3.05) is 0 Å². The van der Waals surface area contributed by atoms with Gasteiger partial charge in [0, 0.05) is 21.6 Å². The third-order valence-electron chi connectivity index (χ3n) is 5.27. The molecule has 0 aromatic heterocycles.